The normalized spacial score (nSPS) is 22.4. The zero-order valence-electron chi connectivity index (χ0n) is 12.2. The Labute approximate surface area is 120 Å². The molecule has 1 fully saturated rings. The third kappa shape index (κ3) is 3.65. The SMILES string of the molecule is CCCC1CCC(Nc2cc(N)ccc2C(N)=O)CC1. The minimum absolute atomic E-state index is 0.410. The summed E-state index contributed by atoms with van der Waals surface area (Å²) in [5, 5.41) is 3.45. The molecule has 0 radical (unpaired) electrons. The quantitative estimate of drug-likeness (QED) is 0.722. The van der Waals surface area contributed by atoms with Crippen molar-refractivity contribution in [2.24, 2.45) is 11.7 Å². The van der Waals surface area contributed by atoms with Crippen LogP contribution in [0.15, 0.2) is 18.2 Å². The maximum atomic E-state index is 11.5. The zero-order valence-corrected chi connectivity index (χ0v) is 12.2. The van der Waals surface area contributed by atoms with Crippen LogP contribution in [0.1, 0.15) is 55.8 Å². The summed E-state index contributed by atoms with van der Waals surface area (Å²) < 4.78 is 0. The number of carbonyl (C=O) groups is 1. The molecular weight excluding hydrogens is 250 g/mol. The molecule has 1 amide bonds. The summed E-state index contributed by atoms with van der Waals surface area (Å²) in [7, 11) is 0. The maximum absolute atomic E-state index is 11.5. The standard InChI is InChI=1S/C16H25N3O/c1-2-3-11-4-7-13(8-5-11)19-15-10-12(17)6-9-14(15)16(18)20/h6,9-11,13,19H,2-5,7-8,17H2,1H3,(H2,18,20). The Morgan fingerprint density at radius 3 is 2.60 bits per heavy atom. The Kier molecular flexibility index (Phi) is 4.88. The smallest absolute Gasteiger partial charge is 0.250 e. The van der Waals surface area contributed by atoms with E-state index in [2.05, 4.69) is 12.2 Å². The monoisotopic (exact) mass is 275 g/mol. The number of carbonyl (C=O) groups excluding carboxylic acids is 1. The molecule has 4 heteroatoms. The van der Waals surface area contributed by atoms with Gasteiger partial charge in [-0.25, -0.2) is 0 Å². The van der Waals surface area contributed by atoms with Gasteiger partial charge in [-0.05, 0) is 49.8 Å². The fourth-order valence-corrected chi connectivity index (χ4v) is 3.12. The highest BCUT2D eigenvalue weighted by atomic mass is 16.1. The Balaban J connectivity index is 2.00. The predicted octanol–water partition coefficient (Wildman–Crippen LogP) is 3.14. The van der Waals surface area contributed by atoms with E-state index < -0.39 is 5.91 Å². The van der Waals surface area contributed by atoms with Crippen molar-refractivity contribution < 1.29 is 4.79 Å². The molecule has 5 N–H and O–H groups in total. The summed E-state index contributed by atoms with van der Waals surface area (Å²) in [6.45, 7) is 2.25. The van der Waals surface area contributed by atoms with Gasteiger partial charge in [-0.2, -0.15) is 0 Å². The third-order valence-electron chi connectivity index (χ3n) is 4.21. The predicted molar refractivity (Wildman–Crippen MR) is 83.6 cm³/mol. The maximum Gasteiger partial charge on any atom is 0.250 e. The molecule has 20 heavy (non-hydrogen) atoms. The molecule has 0 aromatic heterocycles. The highest BCUT2D eigenvalue weighted by molar-refractivity contribution is 5.99. The van der Waals surface area contributed by atoms with Crippen LogP contribution in [0.5, 0.6) is 0 Å². The molecule has 1 aromatic rings. The molecule has 2 rings (SSSR count). The first-order valence-corrected chi connectivity index (χ1v) is 7.56. The third-order valence-corrected chi connectivity index (χ3v) is 4.21. The van der Waals surface area contributed by atoms with E-state index in [1.165, 1.54) is 25.7 Å². The number of rotatable bonds is 5. The Morgan fingerprint density at radius 2 is 2.00 bits per heavy atom. The molecule has 0 bridgehead atoms. The van der Waals surface area contributed by atoms with E-state index >= 15 is 0 Å². The van der Waals surface area contributed by atoms with Crippen LogP contribution in [0, 0.1) is 5.92 Å². The zero-order chi connectivity index (χ0) is 14.5. The van der Waals surface area contributed by atoms with E-state index in [0.717, 1.165) is 24.4 Å². The van der Waals surface area contributed by atoms with Crippen molar-refractivity contribution in [3.05, 3.63) is 23.8 Å². The number of nitrogen functional groups attached to an aromatic ring is 1. The van der Waals surface area contributed by atoms with Crippen molar-refractivity contribution in [3.63, 3.8) is 0 Å². The first-order chi connectivity index (χ1) is 9.60. The lowest BCUT2D eigenvalue weighted by molar-refractivity contribution is 0.100. The molecule has 0 atom stereocenters. The molecule has 1 aliphatic rings. The van der Waals surface area contributed by atoms with Crippen molar-refractivity contribution in [3.8, 4) is 0 Å². The second-order valence-corrected chi connectivity index (χ2v) is 5.82. The van der Waals surface area contributed by atoms with Crippen molar-refractivity contribution in [1.82, 2.24) is 0 Å². The van der Waals surface area contributed by atoms with E-state index in [1.54, 1.807) is 18.2 Å². The molecule has 110 valence electrons. The van der Waals surface area contributed by atoms with Gasteiger partial charge in [0, 0.05) is 17.4 Å². The number of nitrogens with two attached hydrogens (primary N) is 2. The molecule has 0 spiro atoms. The number of anilines is 2. The second-order valence-electron chi connectivity index (χ2n) is 5.82. The van der Waals surface area contributed by atoms with Crippen molar-refractivity contribution >= 4 is 17.3 Å². The molecule has 1 saturated carbocycles. The molecule has 4 nitrogen and oxygen atoms in total. The van der Waals surface area contributed by atoms with Crippen LogP contribution in [0.2, 0.25) is 0 Å². The van der Waals surface area contributed by atoms with Gasteiger partial charge < -0.3 is 16.8 Å². The van der Waals surface area contributed by atoms with Gasteiger partial charge in [-0.15, -0.1) is 0 Å². The average molecular weight is 275 g/mol. The summed E-state index contributed by atoms with van der Waals surface area (Å²) in [4.78, 5) is 11.5. The molecule has 0 saturated heterocycles. The fourth-order valence-electron chi connectivity index (χ4n) is 3.12. The molecule has 0 unspecified atom stereocenters. The van der Waals surface area contributed by atoms with Gasteiger partial charge in [0.2, 0.25) is 0 Å². The van der Waals surface area contributed by atoms with E-state index in [-0.39, 0.29) is 0 Å². The summed E-state index contributed by atoms with van der Waals surface area (Å²) in [6, 6.07) is 5.63. The molecule has 0 aliphatic heterocycles. The molecule has 1 aliphatic carbocycles. The van der Waals surface area contributed by atoms with Gasteiger partial charge in [-0.1, -0.05) is 19.8 Å². The number of hydrogen-bond acceptors (Lipinski definition) is 3. The lowest BCUT2D eigenvalue weighted by atomic mass is 9.83. The highest BCUT2D eigenvalue weighted by Crippen LogP contribution is 2.30. The molecule has 0 heterocycles. The minimum atomic E-state index is -0.410. The number of nitrogens with one attached hydrogen (secondary N) is 1. The van der Waals surface area contributed by atoms with Crippen LogP contribution in [0.3, 0.4) is 0 Å². The summed E-state index contributed by atoms with van der Waals surface area (Å²) >= 11 is 0. The highest BCUT2D eigenvalue weighted by Gasteiger charge is 2.21. The first kappa shape index (κ1) is 14.7. The first-order valence-electron chi connectivity index (χ1n) is 7.56. The average Bonchev–Trinajstić information content (AvgIpc) is 2.41. The topological polar surface area (TPSA) is 81.1 Å². The Bertz CT molecular complexity index is 465. The van der Waals surface area contributed by atoms with Crippen LogP contribution in [0.25, 0.3) is 0 Å². The lowest BCUT2D eigenvalue weighted by Crippen LogP contribution is -2.27. The van der Waals surface area contributed by atoms with Crippen LogP contribution in [0.4, 0.5) is 11.4 Å². The van der Waals surface area contributed by atoms with Gasteiger partial charge in [0.05, 0.1) is 5.56 Å². The Morgan fingerprint density at radius 1 is 1.30 bits per heavy atom. The second kappa shape index (κ2) is 6.64. The van der Waals surface area contributed by atoms with Gasteiger partial charge in [-0.3, -0.25) is 4.79 Å². The van der Waals surface area contributed by atoms with Crippen LogP contribution >= 0.6 is 0 Å². The van der Waals surface area contributed by atoms with Crippen LogP contribution in [-0.2, 0) is 0 Å². The van der Waals surface area contributed by atoms with Gasteiger partial charge >= 0.3 is 0 Å². The van der Waals surface area contributed by atoms with Gasteiger partial charge in [0.1, 0.15) is 0 Å². The van der Waals surface area contributed by atoms with Crippen molar-refractivity contribution in [2.45, 2.75) is 51.5 Å². The lowest BCUT2D eigenvalue weighted by Gasteiger charge is -2.30. The van der Waals surface area contributed by atoms with Gasteiger partial charge in [0.15, 0.2) is 0 Å². The fraction of sp³-hybridized carbons (Fsp3) is 0.562. The number of amides is 1. The number of primary amides is 1. The number of benzene rings is 1. The molecular formula is C16H25N3O. The van der Waals surface area contributed by atoms with Crippen LogP contribution in [-0.4, -0.2) is 11.9 Å². The van der Waals surface area contributed by atoms with Crippen LogP contribution < -0.4 is 16.8 Å². The van der Waals surface area contributed by atoms with E-state index in [1.807, 2.05) is 0 Å². The van der Waals surface area contributed by atoms with Gasteiger partial charge in [0.25, 0.3) is 5.91 Å². The number of hydrogen-bond donors (Lipinski definition) is 3. The Hall–Kier alpha value is -1.71. The van der Waals surface area contributed by atoms with Crippen molar-refractivity contribution in [1.29, 1.82) is 0 Å². The summed E-state index contributed by atoms with van der Waals surface area (Å²) in [5.41, 5.74) is 13.2. The van der Waals surface area contributed by atoms with E-state index in [4.69, 9.17) is 11.5 Å². The largest absolute Gasteiger partial charge is 0.399 e. The summed E-state index contributed by atoms with van der Waals surface area (Å²) in [5.74, 6) is 0.460. The summed E-state index contributed by atoms with van der Waals surface area (Å²) in [6.07, 6.45) is 7.43. The minimum Gasteiger partial charge on any atom is -0.399 e. The van der Waals surface area contributed by atoms with E-state index in [0.29, 0.717) is 17.3 Å². The molecule has 1 aromatic carbocycles. The van der Waals surface area contributed by atoms with Crippen molar-refractivity contribution in [2.75, 3.05) is 11.1 Å². The van der Waals surface area contributed by atoms with E-state index in [9.17, 15) is 4.79 Å².